The SMILES string of the molecule is COc1cccc(CNCC(=O)NCC(C)(C)CNC(=O)c2ccc(Nc3nc(NC4(c5ccc(Cl)cc5)CC4)nc(OCC(F)(F)F)n3)cc2)c1. The predicted octanol–water partition coefficient (Wildman–Crippen LogP) is 5.98. The number of halogens is 4. The number of benzene rings is 3. The summed E-state index contributed by atoms with van der Waals surface area (Å²) in [4.78, 5) is 37.8. The van der Waals surface area contributed by atoms with Gasteiger partial charge in [-0.15, -0.1) is 0 Å². The van der Waals surface area contributed by atoms with Gasteiger partial charge in [0.05, 0.1) is 19.2 Å². The maximum Gasteiger partial charge on any atom is 0.422 e. The van der Waals surface area contributed by atoms with Gasteiger partial charge in [-0.05, 0) is 77.9 Å². The Labute approximate surface area is 304 Å². The standard InChI is InChI=1S/C36H40ClF3N8O4/c1-34(2,20-42-29(49)19-41-18-23-5-4-6-28(17-23)51-3)21-43-30(50)24-7-13-27(14-8-24)44-31-45-32(47-33(46-31)52-22-36(38,39)40)48-35(15-16-35)25-9-11-26(37)12-10-25/h4-14,17,41H,15-16,18-22H2,1-3H3,(H,42,49)(H,43,50)(H2,44,45,46,47,48). The summed E-state index contributed by atoms with van der Waals surface area (Å²) in [6, 6.07) is 20.7. The van der Waals surface area contributed by atoms with E-state index in [1.54, 1.807) is 43.5 Å². The summed E-state index contributed by atoms with van der Waals surface area (Å²) in [7, 11) is 1.60. The molecule has 4 aromatic rings. The van der Waals surface area contributed by atoms with Crippen molar-refractivity contribution < 1.29 is 32.2 Å². The lowest BCUT2D eigenvalue weighted by Gasteiger charge is -2.25. The number of alkyl halides is 3. The minimum atomic E-state index is -4.59. The zero-order valence-corrected chi connectivity index (χ0v) is 29.6. The molecule has 1 aromatic heterocycles. The highest BCUT2D eigenvalue weighted by molar-refractivity contribution is 6.30. The first-order chi connectivity index (χ1) is 24.7. The van der Waals surface area contributed by atoms with Crippen molar-refractivity contribution in [2.24, 2.45) is 5.41 Å². The first-order valence-electron chi connectivity index (χ1n) is 16.5. The molecule has 0 atom stereocenters. The highest BCUT2D eigenvalue weighted by Gasteiger charge is 2.45. The maximum atomic E-state index is 12.9. The first kappa shape index (κ1) is 38.1. The largest absolute Gasteiger partial charge is 0.497 e. The molecule has 0 aliphatic heterocycles. The van der Waals surface area contributed by atoms with Crippen LogP contribution >= 0.6 is 11.6 Å². The number of amides is 2. The smallest absolute Gasteiger partial charge is 0.422 e. The number of hydrogen-bond donors (Lipinski definition) is 5. The van der Waals surface area contributed by atoms with Gasteiger partial charge in [0.2, 0.25) is 17.8 Å². The molecule has 1 fully saturated rings. The molecule has 0 unspecified atom stereocenters. The number of nitrogens with one attached hydrogen (secondary N) is 5. The van der Waals surface area contributed by atoms with E-state index in [2.05, 4.69) is 41.5 Å². The molecule has 2 amide bonds. The van der Waals surface area contributed by atoms with E-state index < -0.39 is 29.7 Å². The summed E-state index contributed by atoms with van der Waals surface area (Å²) in [6.07, 6.45) is -3.09. The minimum Gasteiger partial charge on any atom is -0.497 e. The van der Waals surface area contributed by atoms with Gasteiger partial charge in [-0.2, -0.15) is 28.1 Å². The Bertz CT molecular complexity index is 1840. The van der Waals surface area contributed by atoms with Gasteiger partial charge in [0.1, 0.15) is 5.75 Å². The van der Waals surface area contributed by atoms with Crippen LogP contribution in [0, 0.1) is 5.41 Å². The number of hydrogen-bond acceptors (Lipinski definition) is 10. The van der Waals surface area contributed by atoms with E-state index in [1.165, 1.54) is 0 Å². The van der Waals surface area contributed by atoms with E-state index in [1.807, 2.05) is 50.2 Å². The van der Waals surface area contributed by atoms with E-state index in [0.29, 0.717) is 35.9 Å². The highest BCUT2D eigenvalue weighted by atomic mass is 35.5. The number of rotatable bonds is 17. The molecule has 0 radical (unpaired) electrons. The third-order valence-corrected chi connectivity index (χ3v) is 8.37. The zero-order valence-electron chi connectivity index (χ0n) is 28.9. The summed E-state index contributed by atoms with van der Waals surface area (Å²) in [5.41, 5.74) is 1.82. The van der Waals surface area contributed by atoms with Crippen molar-refractivity contribution >= 4 is 41.0 Å². The minimum absolute atomic E-state index is 0.0291. The number of nitrogens with zero attached hydrogens (tertiary/aromatic N) is 3. The summed E-state index contributed by atoms with van der Waals surface area (Å²) >= 11 is 6.04. The summed E-state index contributed by atoms with van der Waals surface area (Å²) in [5, 5.41) is 15.7. The van der Waals surface area contributed by atoms with Crippen LogP contribution in [0.15, 0.2) is 72.8 Å². The lowest BCUT2D eigenvalue weighted by Crippen LogP contribution is -2.44. The second kappa shape index (κ2) is 16.5. The summed E-state index contributed by atoms with van der Waals surface area (Å²) < 4.78 is 48.9. The molecule has 12 nitrogen and oxygen atoms in total. The lowest BCUT2D eigenvalue weighted by molar-refractivity contribution is -0.154. The molecule has 276 valence electrons. The van der Waals surface area contributed by atoms with Crippen LogP contribution in [0.5, 0.6) is 11.8 Å². The molecule has 1 saturated carbocycles. The van der Waals surface area contributed by atoms with E-state index in [9.17, 15) is 22.8 Å². The Morgan fingerprint density at radius 1 is 0.904 bits per heavy atom. The lowest BCUT2D eigenvalue weighted by atomic mass is 9.93. The van der Waals surface area contributed by atoms with Crippen LogP contribution in [-0.2, 0) is 16.9 Å². The average Bonchev–Trinajstić information content (AvgIpc) is 3.89. The van der Waals surface area contributed by atoms with Crippen molar-refractivity contribution in [2.45, 2.75) is 44.9 Å². The molecule has 0 spiro atoms. The Balaban J connectivity index is 1.13. The van der Waals surface area contributed by atoms with E-state index >= 15 is 0 Å². The van der Waals surface area contributed by atoms with Crippen molar-refractivity contribution in [1.29, 1.82) is 0 Å². The number of carbonyl (C=O) groups is 2. The molecule has 1 aliphatic carbocycles. The molecule has 52 heavy (non-hydrogen) atoms. The number of ether oxygens (including phenoxy) is 2. The van der Waals surface area contributed by atoms with Crippen molar-refractivity contribution in [3.05, 3.63) is 94.5 Å². The second-order valence-electron chi connectivity index (χ2n) is 13.2. The molecule has 5 rings (SSSR count). The third kappa shape index (κ3) is 11.4. The molecule has 3 aromatic carbocycles. The topological polar surface area (TPSA) is 151 Å². The quantitative estimate of drug-likeness (QED) is 0.0875. The third-order valence-electron chi connectivity index (χ3n) is 8.12. The van der Waals surface area contributed by atoms with Crippen molar-refractivity contribution in [2.75, 3.05) is 44.0 Å². The van der Waals surface area contributed by atoms with Crippen molar-refractivity contribution in [3.8, 4) is 11.8 Å². The zero-order chi connectivity index (χ0) is 37.4. The normalized spacial score (nSPS) is 13.5. The Morgan fingerprint density at radius 2 is 1.60 bits per heavy atom. The van der Waals surface area contributed by atoms with Gasteiger partial charge < -0.3 is 36.1 Å². The van der Waals surface area contributed by atoms with Crippen LogP contribution in [0.2, 0.25) is 5.02 Å². The second-order valence-corrected chi connectivity index (χ2v) is 13.6. The molecular formula is C36H40ClF3N8O4. The Kier molecular flexibility index (Phi) is 12.1. The van der Waals surface area contributed by atoms with Crippen molar-refractivity contribution in [3.63, 3.8) is 0 Å². The van der Waals surface area contributed by atoms with Crippen LogP contribution in [0.1, 0.15) is 48.2 Å². The first-order valence-corrected chi connectivity index (χ1v) is 16.8. The number of aromatic nitrogens is 3. The molecular weight excluding hydrogens is 701 g/mol. The van der Waals surface area contributed by atoms with Crippen molar-refractivity contribution in [1.82, 2.24) is 30.9 Å². The Morgan fingerprint density at radius 3 is 2.27 bits per heavy atom. The molecule has 5 N–H and O–H groups in total. The number of carbonyl (C=O) groups excluding carboxylic acids is 2. The monoisotopic (exact) mass is 740 g/mol. The number of anilines is 3. The molecule has 1 aliphatic rings. The summed E-state index contributed by atoms with van der Waals surface area (Å²) in [5.74, 6) is 0.227. The number of methoxy groups -OCH3 is 1. The van der Waals surface area contributed by atoms with Gasteiger partial charge in [0.25, 0.3) is 5.91 Å². The maximum absolute atomic E-state index is 12.9. The fourth-order valence-electron chi connectivity index (χ4n) is 5.09. The van der Waals surface area contributed by atoms with Crippen LogP contribution < -0.4 is 36.1 Å². The average molecular weight is 741 g/mol. The van der Waals surface area contributed by atoms with Crippen LogP contribution in [-0.4, -0.2) is 66.3 Å². The fourth-order valence-corrected chi connectivity index (χ4v) is 5.22. The van der Waals surface area contributed by atoms with Crippen LogP contribution in [0.3, 0.4) is 0 Å². The molecule has 0 saturated heterocycles. The van der Waals surface area contributed by atoms with Gasteiger partial charge in [-0.3, -0.25) is 9.59 Å². The molecule has 1 heterocycles. The molecule has 16 heteroatoms. The van der Waals surface area contributed by atoms with E-state index in [4.69, 9.17) is 21.1 Å². The fraction of sp³-hybridized carbons (Fsp3) is 0.361. The van der Waals surface area contributed by atoms with Gasteiger partial charge >= 0.3 is 12.2 Å². The van der Waals surface area contributed by atoms with Crippen LogP contribution in [0.25, 0.3) is 0 Å². The van der Waals surface area contributed by atoms with Crippen LogP contribution in [0.4, 0.5) is 30.8 Å². The molecule has 0 bridgehead atoms. The van der Waals surface area contributed by atoms with Gasteiger partial charge in [-0.25, -0.2) is 0 Å². The van der Waals surface area contributed by atoms with Gasteiger partial charge in [-0.1, -0.05) is 49.7 Å². The van der Waals surface area contributed by atoms with E-state index in [0.717, 1.165) is 29.7 Å². The Hall–Kier alpha value is -5.15. The predicted molar refractivity (Wildman–Crippen MR) is 191 cm³/mol. The highest BCUT2D eigenvalue weighted by Crippen LogP contribution is 2.48. The van der Waals surface area contributed by atoms with Gasteiger partial charge in [0.15, 0.2) is 6.61 Å². The van der Waals surface area contributed by atoms with Gasteiger partial charge in [0, 0.05) is 35.9 Å². The summed E-state index contributed by atoms with van der Waals surface area (Å²) in [6.45, 7) is 3.55. The van der Waals surface area contributed by atoms with E-state index in [-0.39, 0.29) is 30.3 Å².